The molecule has 2 fully saturated rings. The number of anilines is 1. The molecule has 1 aromatic rings. The van der Waals surface area contributed by atoms with Crippen molar-refractivity contribution in [2.24, 2.45) is 10.9 Å². The molecule has 1 spiro atoms. The molecule has 0 aromatic heterocycles. The molecule has 37 heavy (non-hydrogen) atoms. The molecular weight excluding hydrogens is 482 g/mol. The van der Waals surface area contributed by atoms with Crippen molar-refractivity contribution in [3.05, 3.63) is 35.0 Å². The van der Waals surface area contributed by atoms with Crippen molar-refractivity contribution in [3.8, 4) is 5.75 Å². The Labute approximate surface area is 214 Å². The summed E-state index contributed by atoms with van der Waals surface area (Å²) in [4.78, 5) is 61.0. The van der Waals surface area contributed by atoms with Crippen LogP contribution in [-0.2, 0) is 38.8 Å². The summed E-state index contributed by atoms with van der Waals surface area (Å²) in [6.07, 6.45) is 2.41. The van der Waals surface area contributed by atoms with Crippen molar-refractivity contribution in [2.45, 2.75) is 43.2 Å². The summed E-state index contributed by atoms with van der Waals surface area (Å²) < 4.78 is 20.7. The third kappa shape index (κ3) is 3.29. The first-order chi connectivity index (χ1) is 17.7. The van der Waals surface area contributed by atoms with E-state index >= 15 is 0 Å². The molecule has 3 atom stereocenters. The molecule has 0 N–H and O–H groups in total. The Balaban J connectivity index is 1.84. The minimum absolute atomic E-state index is 0.00248. The second-order valence-electron chi connectivity index (χ2n) is 9.63. The lowest BCUT2D eigenvalue weighted by molar-refractivity contribution is -0.151. The highest BCUT2D eigenvalue weighted by Crippen LogP contribution is 2.58. The predicted molar refractivity (Wildman–Crippen MR) is 130 cm³/mol. The van der Waals surface area contributed by atoms with Gasteiger partial charge >= 0.3 is 17.9 Å². The summed E-state index contributed by atoms with van der Waals surface area (Å²) in [5.41, 5.74) is 0.0671. The van der Waals surface area contributed by atoms with Crippen LogP contribution in [0, 0.1) is 5.92 Å². The van der Waals surface area contributed by atoms with Crippen molar-refractivity contribution in [3.63, 3.8) is 0 Å². The van der Waals surface area contributed by atoms with Crippen molar-refractivity contribution in [1.29, 1.82) is 0 Å². The first kappa shape index (κ1) is 24.8. The van der Waals surface area contributed by atoms with Gasteiger partial charge in [0, 0.05) is 18.7 Å². The number of likely N-dealkylation sites (tertiary alicyclic amines) is 1. The van der Waals surface area contributed by atoms with Gasteiger partial charge in [-0.1, -0.05) is 6.42 Å². The fourth-order valence-electron chi connectivity index (χ4n) is 6.13. The molecule has 11 nitrogen and oxygen atoms in total. The Bertz CT molecular complexity index is 1270. The average molecular weight is 512 g/mol. The molecule has 0 unspecified atom stereocenters. The summed E-state index contributed by atoms with van der Waals surface area (Å²) in [6, 6.07) is 3.64. The molecule has 1 aromatic carbocycles. The fraction of sp³-hybridized carbons (Fsp3) is 0.500. The molecule has 4 aliphatic rings. The maximum atomic E-state index is 13.8. The van der Waals surface area contributed by atoms with Crippen molar-refractivity contribution in [2.75, 3.05) is 40.4 Å². The SMILES string of the molecule is COC(=O)C1=C(C(=O)OC)[C@@H]2N(C)c3ccc(OC)cc3[C@@]23C[C@@H](C(=O)OC)N(C(=O)C2CCC2)C3=N1. The molecule has 1 saturated carbocycles. The van der Waals surface area contributed by atoms with Gasteiger partial charge in [-0.05, 0) is 43.0 Å². The second kappa shape index (κ2) is 8.89. The number of hydrogen-bond acceptors (Lipinski definition) is 10. The van der Waals surface area contributed by atoms with Gasteiger partial charge in [0.2, 0.25) is 5.91 Å². The van der Waals surface area contributed by atoms with Crippen molar-refractivity contribution in [1.82, 2.24) is 4.90 Å². The van der Waals surface area contributed by atoms with E-state index in [4.69, 9.17) is 18.9 Å². The van der Waals surface area contributed by atoms with Crippen LogP contribution in [0.4, 0.5) is 5.69 Å². The predicted octanol–water partition coefficient (Wildman–Crippen LogP) is 1.34. The minimum Gasteiger partial charge on any atom is -0.497 e. The van der Waals surface area contributed by atoms with Crippen LogP contribution < -0.4 is 9.64 Å². The number of benzene rings is 1. The maximum Gasteiger partial charge on any atom is 0.357 e. The molecule has 1 amide bonds. The van der Waals surface area contributed by atoms with Gasteiger partial charge in [0.25, 0.3) is 0 Å². The fourth-order valence-corrected chi connectivity index (χ4v) is 6.13. The molecule has 5 rings (SSSR count). The molecule has 3 heterocycles. The molecular formula is C26H29N3O8. The van der Waals surface area contributed by atoms with Gasteiger partial charge in [-0.15, -0.1) is 0 Å². The summed E-state index contributed by atoms with van der Waals surface area (Å²) in [7, 11) is 7.00. The highest BCUT2D eigenvalue weighted by molar-refractivity contribution is 6.17. The normalized spacial score (nSPS) is 25.9. The maximum absolute atomic E-state index is 13.8. The molecule has 196 valence electrons. The summed E-state index contributed by atoms with van der Waals surface area (Å²) in [5.74, 6) is -1.94. The van der Waals surface area contributed by atoms with Gasteiger partial charge in [-0.25, -0.2) is 19.4 Å². The van der Waals surface area contributed by atoms with Gasteiger partial charge < -0.3 is 23.8 Å². The molecule has 3 aliphatic heterocycles. The van der Waals surface area contributed by atoms with E-state index in [1.165, 1.54) is 26.2 Å². The van der Waals surface area contributed by atoms with E-state index in [2.05, 4.69) is 4.99 Å². The Morgan fingerprint density at radius 2 is 1.70 bits per heavy atom. The summed E-state index contributed by atoms with van der Waals surface area (Å²) >= 11 is 0. The molecule has 1 saturated heterocycles. The highest BCUT2D eigenvalue weighted by Gasteiger charge is 2.67. The van der Waals surface area contributed by atoms with Crippen LogP contribution in [-0.4, -0.2) is 82.1 Å². The van der Waals surface area contributed by atoms with Crippen LogP contribution in [0.3, 0.4) is 0 Å². The Hall–Kier alpha value is -3.89. The number of methoxy groups -OCH3 is 4. The number of rotatable bonds is 5. The zero-order chi connectivity index (χ0) is 26.6. The van der Waals surface area contributed by atoms with E-state index in [0.29, 0.717) is 18.6 Å². The van der Waals surface area contributed by atoms with E-state index in [0.717, 1.165) is 17.7 Å². The van der Waals surface area contributed by atoms with Crippen LogP contribution in [0.1, 0.15) is 31.2 Å². The van der Waals surface area contributed by atoms with Gasteiger partial charge in [-0.2, -0.15) is 0 Å². The first-order valence-corrected chi connectivity index (χ1v) is 12.1. The minimum atomic E-state index is -1.14. The van der Waals surface area contributed by atoms with E-state index in [9.17, 15) is 19.2 Å². The smallest absolute Gasteiger partial charge is 0.357 e. The molecule has 1 aliphatic carbocycles. The van der Waals surface area contributed by atoms with Gasteiger partial charge in [-0.3, -0.25) is 9.69 Å². The van der Waals surface area contributed by atoms with Crippen LogP contribution in [0.25, 0.3) is 0 Å². The van der Waals surface area contributed by atoms with Crippen molar-refractivity contribution >= 4 is 35.3 Å². The van der Waals surface area contributed by atoms with E-state index in [1.807, 2.05) is 17.0 Å². The number of fused-ring (bicyclic) bond motifs is 1. The van der Waals surface area contributed by atoms with Crippen LogP contribution in [0.15, 0.2) is 34.5 Å². The molecule has 0 bridgehead atoms. The van der Waals surface area contributed by atoms with Crippen LogP contribution >= 0.6 is 0 Å². The third-order valence-corrected chi connectivity index (χ3v) is 8.07. The zero-order valence-electron chi connectivity index (χ0n) is 21.4. The lowest BCUT2D eigenvalue weighted by Gasteiger charge is -2.40. The highest BCUT2D eigenvalue weighted by atomic mass is 16.5. The average Bonchev–Trinajstić information content (AvgIpc) is 3.36. The number of likely N-dealkylation sites (N-methyl/N-ethyl adjacent to an activating group) is 1. The largest absolute Gasteiger partial charge is 0.497 e. The Morgan fingerprint density at radius 3 is 2.27 bits per heavy atom. The number of aliphatic imine (C=N–C) groups is 1. The number of nitrogens with zero attached hydrogens (tertiary/aromatic N) is 3. The number of amides is 1. The van der Waals surface area contributed by atoms with Gasteiger partial charge in [0.1, 0.15) is 17.6 Å². The number of carbonyl (C=O) groups is 4. The van der Waals surface area contributed by atoms with Crippen LogP contribution in [0.5, 0.6) is 5.75 Å². The van der Waals surface area contributed by atoms with E-state index in [-0.39, 0.29) is 35.4 Å². The lowest BCUT2D eigenvalue weighted by atomic mass is 9.69. The number of ether oxygens (including phenoxy) is 4. The number of amidine groups is 1. The summed E-state index contributed by atoms with van der Waals surface area (Å²) in [5, 5.41) is 0. The Morgan fingerprint density at radius 1 is 1.00 bits per heavy atom. The Kier molecular flexibility index (Phi) is 5.96. The number of hydrogen-bond donors (Lipinski definition) is 0. The van der Waals surface area contributed by atoms with Gasteiger partial charge in [0.05, 0.1) is 45.5 Å². The van der Waals surface area contributed by atoms with E-state index in [1.54, 1.807) is 20.2 Å². The van der Waals surface area contributed by atoms with Crippen molar-refractivity contribution < 1.29 is 38.1 Å². The standard InChI is InChI=1S/C26H29N3O8/c1-28-16-10-9-14(34-2)11-15(16)26-12-17(22(31)35-3)29(21(30)13-7-6-8-13)25(26)27-19(24(33)37-5)18(20(26)28)23(32)36-4/h9-11,13,17,20H,6-8,12H2,1-5H3/t17-,20-,26-/m0/s1. The van der Waals surface area contributed by atoms with Crippen LogP contribution in [0.2, 0.25) is 0 Å². The molecule has 11 heteroatoms. The van der Waals surface area contributed by atoms with E-state index < -0.39 is 35.4 Å². The second-order valence-corrected chi connectivity index (χ2v) is 9.63. The lowest BCUT2D eigenvalue weighted by Crippen LogP contribution is -2.56. The summed E-state index contributed by atoms with van der Waals surface area (Å²) in [6.45, 7) is 0. The zero-order valence-corrected chi connectivity index (χ0v) is 21.4. The third-order valence-electron chi connectivity index (χ3n) is 8.07. The topological polar surface area (TPSA) is 124 Å². The molecule has 0 radical (unpaired) electrons. The number of carbonyl (C=O) groups excluding carboxylic acids is 4. The number of esters is 3. The first-order valence-electron chi connectivity index (χ1n) is 12.1. The monoisotopic (exact) mass is 511 g/mol. The quantitative estimate of drug-likeness (QED) is 0.425. The van der Waals surface area contributed by atoms with Gasteiger partial charge in [0.15, 0.2) is 5.70 Å².